The normalized spacial score (nSPS) is 27.6. The van der Waals surface area contributed by atoms with E-state index in [1.165, 1.54) is 44.2 Å². The Kier molecular flexibility index (Phi) is 5.98. The first kappa shape index (κ1) is 23.6. The average molecular weight is 477 g/mol. The quantitative estimate of drug-likeness (QED) is 0.480. The van der Waals surface area contributed by atoms with E-state index in [1.54, 1.807) is 20.8 Å². The van der Waals surface area contributed by atoms with Crippen LogP contribution in [0.1, 0.15) is 65.0 Å². The highest BCUT2D eigenvalue weighted by Crippen LogP contribution is 2.61. The first-order valence-corrected chi connectivity index (χ1v) is 12.7. The Bertz CT molecular complexity index is 1110. The van der Waals surface area contributed by atoms with E-state index in [4.69, 9.17) is 10.5 Å². The van der Waals surface area contributed by atoms with Crippen molar-refractivity contribution in [2.24, 2.45) is 28.5 Å². The summed E-state index contributed by atoms with van der Waals surface area (Å²) in [5.74, 6) is 1.84. The van der Waals surface area contributed by atoms with Crippen molar-refractivity contribution in [1.82, 2.24) is 9.88 Å². The molecule has 1 heterocycles. The van der Waals surface area contributed by atoms with Crippen molar-refractivity contribution >= 4 is 18.0 Å². The zero-order valence-electron chi connectivity index (χ0n) is 20.9. The fourth-order valence-electron chi connectivity index (χ4n) is 7.12. The van der Waals surface area contributed by atoms with E-state index < -0.39 is 11.7 Å². The van der Waals surface area contributed by atoms with E-state index in [1.807, 2.05) is 18.2 Å². The summed E-state index contributed by atoms with van der Waals surface area (Å²) in [7, 11) is 0. The number of rotatable bonds is 4. The van der Waals surface area contributed by atoms with Gasteiger partial charge in [-0.15, -0.1) is 4.99 Å². The summed E-state index contributed by atoms with van der Waals surface area (Å²) in [5.41, 5.74) is 8.67. The summed E-state index contributed by atoms with van der Waals surface area (Å²) in [5, 5.41) is 2.58. The fourth-order valence-corrected chi connectivity index (χ4v) is 7.12. The van der Waals surface area contributed by atoms with Crippen molar-refractivity contribution in [2.45, 2.75) is 76.9 Å². The molecular weight excluding hydrogens is 440 g/mol. The molecule has 6 rings (SSSR count). The van der Waals surface area contributed by atoms with Crippen LogP contribution in [0.2, 0.25) is 0 Å². The molecule has 4 fully saturated rings. The maximum Gasteiger partial charge on any atom is 0.437 e. The lowest BCUT2D eigenvalue weighted by Crippen LogP contribution is -2.49. The number of carbonyl (C=O) groups is 2. The lowest BCUT2D eigenvalue weighted by atomic mass is 9.49. The number of hydrogen-bond donors (Lipinski definition) is 2. The standard InChI is InChI=1S/C28H36N4O3/c1-27(2,3)35-26(34)31-25(29)30-24(33)17-32-22(21-7-5-4-6-8-21)9-10-23(32)28-14-18-11-19(15-28)13-20(12-18)16-28/h4-10,18-20H,11-17H2,1-3H3,(H3,29,30,31,33,34). The monoisotopic (exact) mass is 476 g/mol. The first-order valence-electron chi connectivity index (χ1n) is 12.7. The van der Waals surface area contributed by atoms with Gasteiger partial charge in [0, 0.05) is 16.8 Å². The zero-order valence-corrected chi connectivity index (χ0v) is 20.9. The van der Waals surface area contributed by atoms with Crippen molar-refractivity contribution in [3.8, 4) is 11.3 Å². The van der Waals surface area contributed by atoms with E-state index >= 15 is 0 Å². The first-order chi connectivity index (χ1) is 16.6. The molecule has 0 aliphatic heterocycles. The Hall–Kier alpha value is -3.09. The highest BCUT2D eigenvalue weighted by atomic mass is 16.6. The van der Waals surface area contributed by atoms with Gasteiger partial charge in [-0.05, 0) is 94.7 Å². The highest BCUT2D eigenvalue weighted by molar-refractivity contribution is 6.00. The second kappa shape index (κ2) is 8.85. The van der Waals surface area contributed by atoms with Gasteiger partial charge < -0.3 is 15.0 Å². The zero-order chi connectivity index (χ0) is 24.8. The molecule has 186 valence electrons. The van der Waals surface area contributed by atoms with Gasteiger partial charge in [0.2, 0.25) is 11.9 Å². The minimum Gasteiger partial charge on any atom is -0.442 e. The number of nitrogens with one attached hydrogen (secondary N) is 1. The van der Waals surface area contributed by atoms with E-state index in [9.17, 15) is 9.59 Å². The molecule has 7 nitrogen and oxygen atoms in total. The number of amides is 2. The van der Waals surface area contributed by atoms with Crippen molar-refractivity contribution in [3.05, 3.63) is 48.2 Å². The third-order valence-corrected chi connectivity index (χ3v) is 7.81. The maximum absolute atomic E-state index is 13.1. The smallest absolute Gasteiger partial charge is 0.437 e. The number of aliphatic imine (C=N–C) groups is 1. The topological polar surface area (TPSA) is 98.7 Å². The number of nitrogens with two attached hydrogens (primary N) is 1. The van der Waals surface area contributed by atoms with Crippen LogP contribution in [0.5, 0.6) is 0 Å². The SMILES string of the molecule is CC(C)(C)OC(=O)N=C(N)NC(=O)Cn1c(-c2ccccc2)ccc1C12CC3CC(CC(C3)C1)C2. The molecule has 0 saturated heterocycles. The Labute approximate surface area is 207 Å². The lowest BCUT2D eigenvalue weighted by molar-refractivity contribution is -0.120. The molecule has 0 spiro atoms. The van der Waals surface area contributed by atoms with Gasteiger partial charge in [0.25, 0.3) is 0 Å². The molecule has 0 unspecified atom stereocenters. The number of ether oxygens (including phenoxy) is 1. The lowest BCUT2D eigenvalue weighted by Gasteiger charge is -2.57. The van der Waals surface area contributed by atoms with Gasteiger partial charge in [0.05, 0.1) is 0 Å². The van der Waals surface area contributed by atoms with Crippen LogP contribution in [-0.4, -0.2) is 28.1 Å². The second-order valence-electron chi connectivity index (χ2n) is 11.8. The number of aromatic nitrogens is 1. The van der Waals surface area contributed by atoms with Crippen LogP contribution in [-0.2, 0) is 21.5 Å². The molecule has 1 aromatic carbocycles. The van der Waals surface area contributed by atoms with Crippen molar-refractivity contribution in [2.75, 3.05) is 0 Å². The Morgan fingerprint density at radius 2 is 1.63 bits per heavy atom. The minimum atomic E-state index is -0.824. The van der Waals surface area contributed by atoms with Crippen LogP contribution in [0.15, 0.2) is 47.5 Å². The molecule has 4 aliphatic rings. The number of carbonyl (C=O) groups excluding carboxylic acids is 2. The summed E-state index contributed by atoms with van der Waals surface area (Å²) in [4.78, 5) is 28.8. The van der Waals surface area contributed by atoms with Crippen molar-refractivity contribution in [3.63, 3.8) is 0 Å². The van der Waals surface area contributed by atoms with Gasteiger partial charge in [-0.25, -0.2) is 4.79 Å². The molecule has 4 bridgehead atoms. The fraction of sp³-hybridized carbons (Fsp3) is 0.536. The number of guanidine groups is 1. The van der Waals surface area contributed by atoms with Crippen LogP contribution in [0.3, 0.4) is 0 Å². The van der Waals surface area contributed by atoms with Gasteiger partial charge in [-0.3, -0.25) is 10.1 Å². The van der Waals surface area contributed by atoms with Gasteiger partial charge >= 0.3 is 6.09 Å². The third kappa shape index (κ3) is 5.00. The molecule has 4 saturated carbocycles. The number of nitrogens with zero attached hydrogens (tertiary/aromatic N) is 2. The molecule has 3 N–H and O–H groups in total. The van der Waals surface area contributed by atoms with Crippen molar-refractivity contribution < 1.29 is 14.3 Å². The minimum absolute atomic E-state index is 0.110. The Balaban J connectivity index is 1.42. The molecule has 7 heteroatoms. The van der Waals surface area contributed by atoms with Crippen LogP contribution < -0.4 is 11.1 Å². The summed E-state index contributed by atoms with van der Waals surface area (Å²) >= 11 is 0. The van der Waals surface area contributed by atoms with Crippen LogP contribution in [0.25, 0.3) is 11.3 Å². The molecular formula is C28H36N4O3. The second-order valence-corrected chi connectivity index (χ2v) is 11.8. The molecule has 4 aliphatic carbocycles. The van der Waals surface area contributed by atoms with Crippen molar-refractivity contribution in [1.29, 1.82) is 0 Å². The third-order valence-electron chi connectivity index (χ3n) is 7.81. The molecule has 1 aromatic heterocycles. The van der Waals surface area contributed by atoms with Gasteiger partial charge in [0.1, 0.15) is 12.1 Å². The highest BCUT2D eigenvalue weighted by Gasteiger charge is 2.52. The molecule has 2 amide bonds. The predicted octanol–water partition coefficient (Wildman–Crippen LogP) is 4.99. The van der Waals surface area contributed by atoms with E-state index in [2.05, 4.69) is 39.1 Å². The molecule has 0 radical (unpaired) electrons. The van der Waals surface area contributed by atoms with E-state index in [0.717, 1.165) is 29.0 Å². The molecule has 35 heavy (non-hydrogen) atoms. The summed E-state index contributed by atoms with van der Waals surface area (Å²) < 4.78 is 7.33. The largest absolute Gasteiger partial charge is 0.442 e. The summed E-state index contributed by atoms with van der Waals surface area (Å²) in [6.07, 6.45) is 6.90. The number of hydrogen-bond acceptors (Lipinski definition) is 3. The van der Waals surface area contributed by atoms with Gasteiger partial charge in [-0.1, -0.05) is 30.3 Å². The van der Waals surface area contributed by atoms with Crippen LogP contribution >= 0.6 is 0 Å². The number of benzene rings is 1. The molecule has 0 atom stereocenters. The van der Waals surface area contributed by atoms with Crippen LogP contribution in [0.4, 0.5) is 4.79 Å². The predicted molar refractivity (Wildman–Crippen MR) is 136 cm³/mol. The van der Waals surface area contributed by atoms with E-state index in [-0.39, 0.29) is 23.8 Å². The van der Waals surface area contributed by atoms with Gasteiger partial charge in [0.15, 0.2) is 0 Å². The van der Waals surface area contributed by atoms with E-state index in [0.29, 0.717) is 0 Å². The summed E-state index contributed by atoms with van der Waals surface area (Å²) in [6.45, 7) is 5.35. The Morgan fingerprint density at radius 3 is 2.20 bits per heavy atom. The average Bonchev–Trinajstić information content (AvgIpc) is 3.16. The Morgan fingerprint density at radius 1 is 1.03 bits per heavy atom. The van der Waals surface area contributed by atoms with Crippen LogP contribution in [0, 0.1) is 17.8 Å². The van der Waals surface area contributed by atoms with Gasteiger partial charge in [-0.2, -0.15) is 0 Å². The maximum atomic E-state index is 13.1. The molecule has 2 aromatic rings. The summed E-state index contributed by atoms with van der Waals surface area (Å²) in [6, 6.07) is 14.6.